The molecular weight excluding hydrogens is 227 g/mol. The molecule has 0 fully saturated rings. The number of halogens is 2. The van der Waals surface area contributed by atoms with Crippen molar-refractivity contribution in [2.45, 2.75) is 0 Å². The Balaban J connectivity index is 2.87. The lowest BCUT2D eigenvalue weighted by Gasteiger charge is -1.94. The third-order valence-electron chi connectivity index (χ3n) is 1.32. The van der Waals surface area contributed by atoms with Gasteiger partial charge in [-0.25, -0.2) is 4.98 Å². The zero-order valence-electron chi connectivity index (χ0n) is 6.09. The highest BCUT2D eigenvalue weighted by molar-refractivity contribution is 9.09. The SMILES string of the molecule is Cn1c(Cl)cnc1/C=C/CBr. The van der Waals surface area contributed by atoms with Crippen molar-refractivity contribution < 1.29 is 0 Å². The smallest absolute Gasteiger partial charge is 0.133 e. The Hall–Kier alpha value is -0.280. The van der Waals surface area contributed by atoms with Crippen LogP contribution in [0.25, 0.3) is 6.08 Å². The summed E-state index contributed by atoms with van der Waals surface area (Å²) in [7, 11) is 1.88. The van der Waals surface area contributed by atoms with Gasteiger partial charge in [0.2, 0.25) is 0 Å². The summed E-state index contributed by atoms with van der Waals surface area (Å²) >= 11 is 9.04. The van der Waals surface area contributed by atoms with Crippen LogP contribution in [0.5, 0.6) is 0 Å². The van der Waals surface area contributed by atoms with Crippen LogP contribution in [0.3, 0.4) is 0 Å². The van der Waals surface area contributed by atoms with Gasteiger partial charge in [0, 0.05) is 12.4 Å². The average Bonchev–Trinajstić information content (AvgIpc) is 2.31. The van der Waals surface area contributed by atoms with Crippen LogP contribution < -0.4 is 0 Å². The van der Waals surface area contributed by atoms with Crippen molar-refractivity contribution in [2.75, 3.05) is 5.33 Å². The van der Waals surface area contributed by atoms with E-state index in [0.717, 1.165) is 11.2 Å². The standard InChI is InChI=1S/C7H8BrClN2/c1-11-6(9)5-10-7(11)3-2-4-8/h2-3,5H,4H2,1H3/b3-2+. The third kappa shape index (κ3) is 2.07. The van der Waals surface area contributed by atoms with Gasteiger partial charge in [-0.05, 0) is 6.08 Å². The van der Waals surface area contributed by atoms with Crippen molar-refractivity contribution in [1.82, 2.24) is 9.55 Å². The Morgan fingerprint density at radius 3 is 3.00 bits per heavy atom. The Bertz CT molecular complexity index is 267. The summed E-state index contributed by atoms with van der Waals surface area (Å²) in [6, 6.07) is 0. The molecule has 0 N–H and O–H groups in total. The summed E-state index contributed by atoms with van der Waals surface area (Å²) in [6.45, 7) is 0. The number of alkyl halides is 1. The molecule has 0 atom stereocenters. The summed E-state index contributed by atoms with van der Waals surface area (Å²) < 4.78 is 1.82. The number of hydrogen-bond acceptors (Lipinski definition) is 1. The molecule has 60 valence electrons. The largest absolute Gasteiger partial charge is 0.319 e. The highest BCUT2D eigenvalue weighted by Gasteiger charge is 1.98. The summed E-state index contributed by atoms with van der Waals surface area (Å²) in [5.41, 5.74) is 0. The molecule has 0 aliphatic carbocycles. The monoisotopic (exact) mass is 234 g/mol. The maximum absolute atomic E-state index is 5.76. The lowest BCUT2D eigenvalue weighted by molar-refractivity contribution is 0.898. The van der Waals surface area contributed by atoms with E-state index in [1.807, 2.05) is 23.8 Å². The zero-order chi connectivity index (χ0) is 8.27. The molecule has 0 spiro atoms. The number of rotatable bonds is 2. The van der Waals surface area contributed by atoms with Gasteiger partial charge in [-0.3, -0.25) is 0 Å². The van der Waals surface area contributed by atoms with Crippen molar-refractivity contribution in [3.05, 3.63) is 23.3 Å². The minimum Gasteiger partial charge on any atom is -0.319 e. The Morgan fingerprint density at radius 1 is 1.82 bits per heavy atom. The van der Waals surface area contributed by atoms with E-state index in [-0.39, 0.29) is 0 Å². The number of aromatic nitrogens is 2. The van der Waals surface area contributed by atoms with Crippen LogP contribution in [0.2, 0.25) is 5.15 Å². The second-order valence-electron chi connectivity index (χ2n) is 2.05. The summed E-state index contributed by atoms with van der Waals surface area (Å²) in [4.78, 5) is 4.08. The van der Waals surface area contributed by atoms with Crippen molar-refractivity contribution in [1.29, 1.82) is 0 Å². The Labute approximate surface area is 79.0 Å². The van der Waals surface area contributed by atoms with Gasteiger partial charge in [0.25, 0.3) is 0 Å². The molecule has 1 aromatic heterocycles. The van der Waals surface area contributed by atoms with Gasteiger partial charge in [0.1, 0.15) is 11.0 Å². The second-order valence-corrected chi connectivity index (χ2v) is 3.09. The second kappa shape index (κ2) is 3.93. The number of nitrogens with zero attached hydrogens (tertiary/aromatic N) is 2. The molecule has 4 heteroatoms. The van der Waals surface area contributed by atoms with E-state index < -0.39 is 0 Å². The van der Waals surface area contributed by atoms with E-state index in [9.17, 15) is 0 Å². The maximum atomic E-state index is 5.76. The van der Waals surface area contributed by atoms with Gasteiger partial charge in [0.15, 0.2) is 0 Å². The molecule has 0 aromatic carbocycles. The van der Waals surface area contributed by atoms with Crippen molar-refractivity contribution in [2.24, 2.45) is 7.05 Å². The van der Waals surface area contributed by atoms with E-state index in [2.05, 4.69) is 20.9 Å². The van der Waals surface area contributed by atoms with Crippen LogP contribution in [0.15, 0.2) is 12.3 Å². The zero-order valence-corrected chi connectivity index (χ0v) is 8.43. The van der Waals surface area contributed by atoms with Crippen molar-refractivity contribution >= 4 is 33.6 Å². The minimum absolute atomic E-state index is 0.652. The first-order valence-corrected chi connectivity index (χ1v) is 4.65. The van der Waals surface area contributed by atoms with E-state index in [1.165, 1.54) is 0 Å². The molecule has 1 rings (SSSR count). The van der Waals surface area contributed by atoms with E-state index in [0.29, 0.717) is 5.15 Å². The van der Waals surface area contributed by atoms with Gasteiger partial charge >= 0.3 is 0 Å². The molecule has 0 unspecified atom stereocenters. The number of imidazole rings is 1. The quantitative estimate of drug-likeness (QED) is 0.720. The van der Waals surface area contributed by atoms with E-state index in [4.69, 9.17) is 11.6 Å². The van der Waals surface area contributed by atoms with Crippen molar-refractivity contribution in [3.8, 4) is 0 Å². The molecule has 2 nitrogen and oxygen atoms in total. The minimum atomic E-state index is 0.652. The lowest BCUT2D eigenvalue weighted by atomic mass is 10.5. The first-order chi connectivity index (χ1) is 5.25. The first-order valence-electron chi connectivity index (χ1n) is 3.15. The number of allylic oxidation sites excluding steroid dienone is 1. The molecule has 11 heavy (non-hydrogen) atoms. The highest BCUT2D eigenvalue weighted by atomic mass is 79.9. The molecule has 1 heterocycles. The fourth-order valence-corrected chi connectivity index (χ4v) is 1.03. The molecular formula is C7H8BrClN2. The van der Waals surface area contributed by atoms with Crippen LogP contribution >= 0.6 is 27.5 Å². The number of hydrogen-bond donors (Lipinski definition) is 0. The maximum Gasteiger partial charge on any atom is 0.133 e. The molecule has 0 bridgehead atoms. The highest BCUT2D eigenvalue weighted by Crippen LogP contribution is 2.09. The van der Waals surface area contributed by atoms with Crippen LogP contribution in [-0.4, -0.2) is 14.9 Å². The fourth-order valence-electron chi connectivity index (χ4n) is 0.707. The van der Waals surface area contributed by atoms with Crippen LogP contribution in [0.1, 0.15) is 5.82 Å². The molecule has 0 radical (unpaired) electrons. The van der Waals surface area contributed by atoms with Gasteiger partial charge < -0.3 is 4.57 Å². The summed E-state index contributed by atoms with van der Waals surface area (Å²) in [5, 5.41) is 1.48. The molecule has 0 saturated heterocycles. The van der Waals surface area contributed by atoms with Crippen LogP contribution in [-0.2, 0) is 7.05 Å². The van der Waals surface area contributed by atoms with Crippen LogP contribution in [0, 0.1) is 0 Å². The molecule has 0 aliphatic heterocycles. The van der Waals surface area contributed by atoms with Gasteiger partial charge in [-0.2, -0.15) is 0 Å². The summed E-state index contributed by atoms with van der Waals surface area (Å²) in [5.74, 6) is 0.870. The predicted octanol–water partition coefficient (Wildman–Crippen LogP) is 2.48. The predicted molar refractivity (Wildman–Crippen MR) is 51.0 cm³/mol. The Kier molecular flexibility index (Phi) is 3.15. The lowest BCUT2D eigenvalue weighted by Crippen LogP contribution is -1.90. The van der Waals surface area contributed by atoms with Gasteiger partial charge in [-0.15, -0.1) is 0 Å². The third-order valence-corrected chi connectivity index (χ3v) is 2.05. The molecule has 0 aliphatic rings. The molecule has 1 aromatic rings. The van der Waals surface area contributed by atoms with E-state index in [1.54, 1.807) is 6.20 Å². The summed E-state index contributed by atoms with van der Waals surface area (Å²) in [6.07, 6.45) is 5.52. The van der Waals surface area contributed by atoms with Gasteiger partial charge in [0.05, 0.1) is 6.20 Å². The average molecular weight is 236 g/mol. The first kappa shape index (κ1) is 8.81. The molecule has 0 saturated carbocycles. The van der Waals surface area contributed by atoms with E-state index >= 15 is 0 Å². The molecule has 0 amide bonds. The van der Waals surface area contributed by atoms with Crippen LogP contribution in [0.4, 0.5) is 0 Å². The van der Waals surface area contributed by atoms with Crippen molar-refractivity contribution in [3.63, 3.8) is 0 Å². The Morgan fingerprint density at radius 2 is 2.55 bits per heavy atom. The topological polar surface area (TPSA) is 17.8 Å². The normalized spacial score (nSPS) is 11.2. The van der Waals surface area contributed by atoms with Gasteiger partial charge in [-0.1, -0.05) is 33.6 Å². The fraction of sp³-hybridized carbons (Fsp3) is 0.286.